The first-order chi connectivity index (χ1) is 13.7. The van der Waals surface area contributed by atoms with Gasteiger partial charge in [-0.15, -0.1) is 10.2 Å². The Bertz CT molecular complexity index is 972. The van der Waals surface area contributed by atoms with Crippen molar-refractivity contribution in [3.8, 4) is 17.1 Å². The number of fused-ring (bicyclic) bond motifs is 3. The lowest BCUT2D eigenvalue weighted by Crippen LogP contribution is -2.27. The van der Waals surface area contributed by atoms with Crippen LogP contribution in [-0.4, -0.2) is 27.2 Å². The number of nitrogens with one attached hydrogen (secondary N) is 1. The topological polar surface area (TPSA) is 73.1 Å². The number of ether oxygens (including phenoxy) is 1. The summed E-state index contributed by atoms with van der Waals surface area (Å²) in [5, 5.41) is 12.8. The third-order valence-electron chi connectivity index (χ3n) is 4.39. The van der Waals surface area contributed by atoms with Crippen molar-refractivity contribution in [1.82, 2.24) is 15.2 Å². The Morgan fingerprint density at radius 1 is 1.21 bits per heavy atom. The molecule has 0 saturated heterocycles. The third-order valence-corrected chi connectivity index (χ3v) is 5.31. The first kappa shape index (κ1) is 18.6. The number of furan rings is 1. The summed E-state index contributed by atoms with van der Waals surface area (Å²) in [5.41, 5.74) is 3.48. The van der Waals surface area contributed by atoms with Gasteiger partial charge in [-0.05, 0) is 43.2 Å². The Morgan fingerprint density at radius 3 is 2.93 bits per heavy atom. The van der Waals surface area contributed by atoms with Crippen LogP contribution in [0, 0.1) is 0 Å². The van der Waals surface area contributed by atoms with Gasteiger partial charge >= 0.3 is 0 Å². The molecule has 0 amide bonds. The highest BCUT2D eigenvalue weighted by molar-refractivity contribution is 7.99. The molecule has 2 aromatic heterocycles. The normalized spacial score (nSPS) is 15.8. The van der Waals surface area contributed by atoms with E-state index in [9.17, 15) is 0 Å². The second-order valence-electron chi connectivity index (χ2n) is 6.54. The Labute approximate surface area is 168 Å². The molecule has 0 aliphatic carbocycles. The summed E-state index contributed by atoms with van der Waals surface area (Å²) in [6.45, 7) is 4.17. The molecule has 6 nitrogen and oxygen atoms in total. The van der Waals surface area contributed by atoms with Crippen molar-refractivity contribution < 1.29 is 9.15 Å². The van der Waals surface area contributed by atoms with E-state index in [2.05, 4.69) is 27.4 Å². The number of benzene rings is 1. The average molecular weight is 395 g/mol. The fourth-order valence-electron chi connectivity index (χ4n) is 2.90. The quantitative estimate of drug-likeness (QED) is 0.452. The lowest BCUT2D eigenvalue weighted by atomic mass is 10.1. The number of nitrogens with zero attached hydrogens (tertiary/aromatic N) is 3. The zero-order chi connectivity index (χ0) is 19.3. The number of thioether (sulfide) groups is 1. The first-order valence-electron chi connectivity index (χ1n) is 9.36. The largest absolute Gasteiger partial charge is 0.465 e. The lowest BCUT2D eigenvalue weighted by Gasteiger charge is -2.19. The van der Waals surface area contributed by atoms with Crippen LogP contribution < -0.4 is 10.1 Å². The van der Waals surface area contributed by atoms with E-state index in [4.69, 9.17) is 9.15 Å². The average Bonchev–Trinajstić information content (AvgIpc) is 3.15. The Kier molecular flexibility index (Phi) is 5.62. The van der Waals surface area contributed by atoms with Gasteiger partial charge in [0.15, 0.2) is 11.9 Å². The molecule has 0 bridgehead atoms. The van der Waals surface area contributed by atoms with Gasteiger partial charge in [-0.2, -0.15) is 4.98 Å². The van der Waals surface area contributed by atoms with Crippen LogP contribution in [0.4, 0.5) is 5.69 Å². The standard InChI is InChI=1S/C21H22N4O2S/c1-3-4-12-28-21-23-20-18(24-25-21)16-9-5-6-10-17(16)22-19(27-20)14(2)13-15-8-7-11-26-15/h5-11,13,19,22H,3-4,12H2,1-2H3/b14-13+. The summed E-state index contributed by atoms with van der Waals surface area (Å²) in [7, 11) is 0. The minimum Gasteiger partial charge on any atom is -0.465 e. The summed E-state index contributed by atoms with van der Waals surface area (Å²) in [6.07, 6.45) is 5.47. The van der Waals surface area contributed by atoms with Gasteiger partial charge in [-0.3, -0.25) is 0 Å². The second-order valence-corrected chi connectivity index (χ2v) is 7.60. The smallest absolute Gasteiger partial charge is 0.247 e. The fourth-order valence-corrected chi connectivity index (χ4v) is 3.76. The molecule has 7 heteroatoms. The van der Waals surface area contributed by atoms with Gasteiger partial charge in [-0.25, -0.2) is 0 Å². The van der Waals surface area contributed by atoms with Gasteiger partial charge in [0.05, 0.1) is 6.26 Å². The van der Waals surface area contributed by atoms with Crippen LogP contribution >= 0.6 is 11.8 Å². The summed E-state index contributed by atoms with van der Waals surface area (Å²) >= 11 is 1.60. The molecule has 3 aromatic rings. The van der Waals surface area contributed by atoms with Crippen LogP contribution in [0.15, 0.2) is 57.8 Å². The molecular weight excluding hydrogens is 372 g/mol. The Balaban J connectivity index is 1.70. The van der Waals surface area contributed by atoms with Gasteiger partial charge in [0.1, 0.15) is 5.76 Å². The highest BCUT2D eigenvalue weighted by atomic mass is 32.2. The Hall–Kier alpha value is -2.80. The summed E-state index contributed by atoms with van der Waals surface area (Å²) < 4.78 is 11.7. The van der Waals surface area contributed by atoms with Crippen LogP contribution in [0.5, 0.6) is 5.88 Å². The number of unbranched alkanes of at least 4 members (excludes halogenated alkanes) is 1. The van der Waals surface area contributed by atoms with E-state index in [1.807, 2.05) is 49.4 Å². The Morgan fingerprint density at radius 2 is 2.11 bits per heavy atom. The molecule has 1 aliphatic rings. The highest BCUT2D eigenvalue weighted by Gasteiger charge is 2.26. The monoisotopic (exact) mass is 394 g/mol. The molecular formula is C21H22N4O2S. The van der Waals surface area contributed by atoms with Gasteiger partial charge in [-0.1, -0.05) is 43.3 Å². The molecule has 1 N–H and O–H groups in total. The predicted molar refractivity (Wildman–Crippen MR) is 111 cm³/mol. The number of aromatic nitrogens is 3. The summed E-state index contributed by atoms with van der Waals surface area (Å²) in [5.74, 6) is 2.23. The molecule has 0 radical (unpaired) electrons. The summed E-state index contributed by atoms with van der Waals surface area (Å²) in [4.78, 5) is 4.65. The van der Waals surface area contributed by atoms with Crippen molar-refractivity contribution in [3.05, 3.63) is 54.0 Å². The minimum atomic E-state index is -0.391. The van der Waals surface area contributed by atoms with Gasteiger partial charge in [0.2, 0.25) is 11.0 Å². The van der Waals surface area contributed by atoms with E-state index in [0.717, 1.165) is 41.2 Å². The van der Waals surface area contributed by atoms with E-state index in [0.29, 0.717) is 16.7 Å². The van der Waals surface area contributed by atoms with Crippen LogP contribution in [0.1, 0.15) is 32.4 Å². The molecule has 3 heterocycles. The molecule has 1 unspecified atom stereocenters. The first-order valence-corrected chi connectivity index (χ1v) is 10.3. The number of rotatable bonds is 6. The van der Waals surface area contributed by atoms with Gasteiger partial charge in [0.25, 0.3) is 0 Å². The van der Waals surface area contributed by atoms with Crippen LogP contribution in [-0.2, 0) is 0 Å². The SMILES string of the molecule is CCCCSc1nnc2c(n1)OC(/C(C)=C/c1ccco1)Nc1ccccc1-2. The van der Waals surface area contributed by atoms with E-state index in [-0.39, 0.29) is 0 Å². The van der Waals surface area contributed by atoms with Crippen molar-refractivity contribution in [3.63, 3.8) is 0 Å². The highest BCUT2D eigenvalue weighted by Crippen LogP contribution is 2.37. The fraction of sp³-hybridized carbons (Fsp3) is 0.286. The molecule has 28 heavy (non-hydrogen) atoms. The molecule has 4 rings (SSSR count). The molecule has 0 spiro atoms. The maximum Gasteiger partial charge on any atom is 0.247 e. The van der Waals surface area contributed by atoms with Crippen molar-refractivity contribution in [1.29, 1.82) is 0 Å². The third kappa shape index (κ3) is 4.04. The van der Waals surface area contributed by atoms with E-state index in [1.54, 1.807) is 18.0 Å². The number of anilines is 1. The maximum absolute atomic E-state index is 6.25. The van der Waals surface area contributed by atoms with E-state index >= 15 is 0 Å². The predicted octanol–water partition coefficient (Wildman–Crippen LogP) is 5.26. The second kappa shape index (κ2) is 8.48. The molecule has 0 saturated carbocycles. The molecule has 1 aliphatic heterocycles. The van der Waals surface area contributed by atoms with Crippen molar-refractivity contribution >= 4 is 23.5 Å². The van der Waals surface area contributed by atoms with Crippen molar-refractivity contribution in [2.45, 2.75) is 38.1 Å². The van der Waals surface area contributed by atoms with E-state index < -0.39 is 6.23 Å². The minimum absolute atomic E-state index is 0.391. The van der Waals surface area contributed by atoms with Crippen LogP contribution in [0.25, 0.3) is 17.3 Å². The molecule has 144 valence electrons. The van der Waals surface area contributed by atoms with Crippen LogP contribution in [0.3, 0.4) is 0 Å². The molecule has 1 aromatic carbocycles. The van der Waals surface area contributed by atoms with E-state index in [1.165, 1.54) is 0 Å². The number of para-hydroxylation sites is 1. The molecule has 0 fully saturated rings. The maximum atomic E-state index is 6.25. The lowest BCUT2D eigenvalue weighted by molar-refractivity contribution is 0.255. The van der Waals surface area contributed by atoms with Gasteiger partial charge in [0, 0.05) is 17.0 Å². The van der Waals surface area contributed by atoms with Crippen molar-refractivity contribution in [2.24, 2.45) is 0 Å². The number of hydrogen-bond acceptors (Lipinski definition) is 7. The number of hydrogen-bond donors (Lipinski definition) is 1. The van der Waals surface area contributed by atoms with Crippen LogP contribution in [0.2, 0.25) is 0 Å². The molecule has 1 atom stereocenters. The zero-order valence-corrected chi connectivity index (χ0v) is 16.7. The van der Waals surface area contributed by atoms with Gasteiger partial charge < -0.3 is 14.5 Å². The van der Waals surface area contributed by atoms with Crippen molar-refractivity contribution in [2.75, 3.05) is 11.1 Å². The zero-order valence-electron chi connectivity index (χ0n) is 15.9. The summed E-state index contributed by atoms with van der Waals surface area (Å²) in [6, 6.07) is 11.7.